The molecule has 18 heavy (non-hydrogen) atoms. The Kier molecular flexibility index (Phi) is 3.69. The highest BCUT2D eigenvalue weighted by Gasteiger charge is 2.15. The lowest BCUT2D eigenvalue weighted by atomic mass is 10.3. The van der Waals surface area contributed by atoms with E-state index >= 15 is 0 Å². The van der Waals surface area contributed by atoms with Crippen molar-refractivity contribution in [1.82, 2.24) is 4.98 Å². The molecule has 1 atom stereocenters. The van der Waals surface area contributed by atoms with Gasteiger partial charge in [-0.15, -0.1) is 0 Å². The van der Waals surface area contributed by atoms with E-state index in [0.29, 0.717) is 29.3 Å². The normalized spacial score (nSPS) is 12.8. The van der Waals surface area contributed by atoms with E-state index in [4.69, 9.17) is 14.9 Å². The number of ether oxygens (including phenoxy) is 1. The Hall–Kier alpha value is -1.79. The second-order valence-corrected chi connectivity index (χ2v) is 4.18. The number of aliphatic hydroxyl groups excluding tert-OH is 1. The lowest BCUT2D eigenvalue weighted by Crippen LogP contribution is -2.32. The number of benzene rings is 1. The van der Waals surface area contributed by atoms with Crippen LogP contribution in [0.5, 0.6) is 0 Å². The Labute approximate surface area is 105 Å². The number of nitrogens with zero attached hydrogens (tertiary/aromatic N) is 2. The van der Waals surface area contributed by atoms with E-state index in [0.717, 1.165) is 0 Å². The molecule has 1 aromatic heterocycles. The predicted octanol–water partition coefficient (Wildman–Crippen LogP) is 0.853. The van der Waals surface area contributed by atoms with Crippen molar-refractivity contribution in [2.24, 2.45) is 0 Å². The van der Waals surface area contributed by atoms with E-state index in [1.54, 1.807) is 25.1 Å². The standard InChI is InChI=1S/C12H17N3O3/c1-15(6-8(16)7-17-2)12-14-11-9(13)4-3-5-10(11)18-12/h3-5,8,16H,6-7,13H2,1-2H3. The fraction of sp³-hybridized carbons (Fsp3) is 0.417. The lowest BCUT2D eigenvalue weighted by Gasteiger charge is -2.18. The van der Waals surface area contributed by atoms with E-state index in [1.165, 1.54) is 0 Å². The fourth-order valence-electron chi connectivity index (χ4n) is 1.76. The smallest absolute Gasteiger partial charge is 0.298 e. The first-order valence-corrected chi connectivity index (χ1v) is 5.65. The van der Waals surface area contributed by atoms with Crippen LogP contribution in [0.4, 0.5) is 11.7 Å². The summed E-state index contributed by atoms with van der Waals surface area (Å²) in [6, 6.07) is 5.82. The summed E-state index contributed by atoms with van der Waals surface area (Å²) in [5.41, 5.74) is 7.66. The summed E-state index contributed by atoms with van der Waals surface area (Å²) in [4.78, 5) is 6.03. The lowest BCUT2D eigenvalue weighted by molar-refractivity contribution is 0.0690. The van der Waals surface area contributed by atoms with Gasteiger partial charge in [0.05, 0.1) is 24.9 Å². The molecule has 0 spiro atoms. The Bertz CT molecular complexity index is 526. The number of methoxy groups -OCH3 is 1. The van der Waals surface area contributed by atoms with Crippen molar-refractivity contribution in [1.29, 1.82) is 0 Å². The minimum atomic E-state index is -0.590. The summed E-state index contributed by atoms with van der Waals surface area (Å²) in [7, 11) is 3.34. The van der Waals surface area contributed by atoms with Crippen LogP contribution in [0.1, 0.15) is 0 Å². The van der Waals surface area contributed by atoms with Gasteiger partial charge in [-0.25, -0.2) is 0 Å². The summed E-state index contributed by atoms with van der Waals surface area (Å²) in [6.45, 7) is 0.646. The molecule has 0 bridgehead atoms. The minimum absolute atomic E-state index is 0.271. The first-order chi connectivity index (χ1) is 8.61. The van der Waals surface area contributed by atoms with E-state index in [-0.39, 0.29) is 6.61 Å². The zero-order valence-electron chi connectivity index (χ0n) is 10.5. The number of oxazole rings is 1. The Morgan fingerprint density at radius 2 is 2.33 bits per heavy atom. The molecule has 98 valence electrons. The second-order valence-electron chi connectivity index (χ2n) is 4.18. The minimum Gasteiger partial charge on any atom is -0.423 e. The SMILES string of the molecule is COCC(O)CN(C)c1nc2c(N)cccc2o1. The Balaban J connectivity index is 2.18. The molecule has 0 amide bonds. The molecular formula is C12H17N3O3. The van der Waals surface area contributed by atoms with Gasteiger partial charge in [-0.2, -0.15) is 4.98 Å². The average molecular weight is 251 g/mol. The van der Waals surface area contributed by atoms with Crippen LogP contribution in [0.2, 0.25) is 0 Å². The number of likely N-dealkylation sites (N-methyl/N-ethyl adjacent to an activating group) is 1. The third kappa shape index (κ3) is 2.55. The average Bonchev–Trinajstić information content (AvgIpc) is 2.74. The first-order valence-electron chi connectivity index (χ1n) is 5.65. The second kappa shape index (κ2) is 5.24. The van der Waals surface area contributed by atoms with Crippen molar-refractivity contribution in [2.75, 3.05) is 37.9 Å². The molecule has 1 aromatic carbocycles. The molecule has 3 N–H and O–H groups in total. The highest BCUT2D eigenvalue weighted by atomic mass is 16.5. The zero-order valence-corrected chi connectivity index (χ0v) is 10.5. The third-order valence-corrected chi connectivity index (χ3v) is 2.61. The first kappa shape index (κ1) is 12.7. The van der Waals surface area contributed by atoms with Gasteiger partial charge in [0.25, 0.3) is 6.01 Å². The van der Waals surface area contributed by atoms with E-state index in [2.05, 4.69) is 4.98 Å². The monoisotopic (exact) mass is 251 g/mol. The summed E-state index contributed by atoms with van der Waals surface area (Å²) in [5, 5.41) is 9.65. The van der Waals surface area contributed by atoms with Crippen LogP contribution in [0.15, 0.2) is 22.6 Å². The fourth-order valence-corrected chi connectivity index (χ4v) is 1.76. The molecule has 0 radical (unpaired) electrons. The van der Waals surface area contributed by atoms with Gasteiger partial charge in [-0.3, -0.25) is 0 Å². The van der Waals surface area contributed by atoms with Crippen LogP contribution >= 0.6 is 0 Å². The number of aromatic nitrogens is 1. The van der Waals surface area contributed by atoms with E-state index in [9.17, 15) is 5.11 Å². The highest BCUT2D eigenvalue weighted by Crippen LogP contribution is 2.25. The molecule has 0 saturated carbocycles. The molecule has 0 fully saturated rings. The van der Waals surface area contributed by atoms with Crippen molar-refractivity contribution in [3.8, 4) is 0 Å². The number of nitrogen functional groups attached to an aromatic ring is 1. The summed E-state index contributed by atoms with van der Waals surface area (Å²) in [5.74, 6) is 0. The van der Waals surface area contributed by atoms with Gasteiger partial charge in [0.1, 0.15) is 5.52 Å². The maximum Gasteiger partial charge on any atom is 0.298 e. The number of fused-ring (bicyclic) bond motifs is 1. The van der Waals surface area contributed by atoms with Crippen LogP contribution in [0, 0.1) is 0 Å². The maximum absolute atomic E-state index is 9.65. The molecule has 1 unspecified atom stereocenters. The quantitative estimate of drug-likeness (QED) is 0.766. The molecule has 1 heterocycles. The van der Waals surface area contributed by atoms with Gasteiger partial charge in [0, 0.05) is 14.2 Å². The maximum atomic E-state index is 9.65. The van der Waals surface area contributed by atoms with Gasteiger partial charge in [-0.1, -0.05) is 6.07 Å². The number of nitrogens with two attached hydrogens (primary N) is 1. The number of rotatable bonds is 5. The predicted molar refractivity (Wildman–Crippen MR) is 69.6 cm³/mol. The molecule has 0 aliphatic heterocycles. The Morgan fingerprint density at radius 1 is 1.56 bits per heavy atom. The molecule has 0 aliphatic carbocycles. The highest BCUT2D eigenvalue weighted by molar-refractivity contribution is 5.86. The number of hydrogen-bond acceptors (Lipinski definition) is 6. The molecule has 2 rings (SSSR count). The van der Waals surface area contributed by atoms with Crippen molar-refractivity contribution in [3.63, 3.8) is 0 Å². The van der Waals surface area contributed by atoms with Crippen LogP contribution in [0.25, 0.3) is 11.1 Å². The van der Waals surface area contributed by atoms with Crippen LogP contribution in [0.3, 0.4) is 0 Å². The summed E-state index contributed by atoms with van der Waals surface area (Å²) >= 11 is 0. The van der Waals surface area contributed by atoms with Crippen LogP contribution in [-0.4, -0.2) is 43.5 Å². The molecule has 0 saturated heterocycles. The third-order valence-electron chi connectivity index (χ3n) is 2.61. The molecule has 6 nitrogen and oxygen atoms in total. The molecule has 2 aromatic rings. The molecular weight excluding hydrogens is 234 g/mol. The number of hydrogen-bond donors (Lipinski definition) is 2. The topological polar surface area (TPSA) is 84.8 Å². The van der Waals surface area contributed by atoms with Crippen molar-refractivity contribution in [3.05, 3.63) is 18.2 Å². The summed E-state index contributed by atoms with van der Waals surface area (Å²) < 4.78 is 10.4. The van der Waals surface area contributed by atoms with Gasteiger partial charge >= 0.3 is 0 Å². The van der Waals surface area contributed by atoms with E-state index < -0.39 is 6.10 Å². The van der Waals surface area contributed by atoms with Gasteiger partial charge in [0.15, 0.2) is 5.58 Å². The summed E-state index contributed by atoms with van der Waals surface area (Å²) in [6.07, 6.45) is -0.590. The van der Waals surface area contributed by atoms with Crippen molar-refractivity contribution in [2.45, 2.75) is 6.10 Å². The van der Waals surface area contributed by atoms with E-state index in [1.807, 2.05) is 12.1 Å². The van der Waals surface area contributed by atoms with Crippen LogP contribution in [-0.2, 0) is 4.74 Å². The van der Waals surface area contributed by atoms with Gasteiger partial charge in [-0.05, 0) is 12.1 Å². The number of aliphatic hydroxyl groups is 1. The van der Waals surface area contributed by atoms with Crippen molar-refractivity contribution < 1.29 is 14.3 Å². The van der Waals surface area contributed by atoms with Crippen molar-refractivity contribution >= 4 is 22.8 Å². The Morgan fingerprint density at radius 3 is 3.00 bits per heavy atom. The number of anilines is 2. The largest absolute Gasteiger partial charge is 0.423 e. The molecule has 0 aliphatic rings. The van der Waals surface area contributed by atoms with Gasteiger partial charge in [0.2, 0.25) is 0 Å². The number of para-hydroxylation sites is 1. The van der Waals surface area contributed by atoms with Crippen LogP contribution < -0.4 is 10.6 Å². The zero-order chi connectivity index (χ0) is 13.1. The molecule has 6 heteroatoms. The van der Waals surface area contributed by atoms with Gasteiger partial charge < -0.3 is 24.9 Å².